The first kappa shape index (κ1) is 25.1. The third-order valence-electron chi connectivity index (χ3n) is 6.92. The molecule has 2 N–H and O–H groups in total. The molecule has 1 heterocycles. The number of carbonyl (C=O) groups excluding carboxylic acids is 2. The van der Waals surface area contributed by atoms with Gasteiger partial charge in [0, 0.05) is 24.8 Å². The first-order valence-electron chi connectivity index (χ1n) is 12.1. The van der Waals surface area contributed by atoms with Crippen molar-refractivity contribution in [3.63, 3.8) is 0 Å². The molecule has 35 heavy (non-hydrogen) atoms. The highest BCUT2D eigenvalue weighted by Gasteiger charge is 2.34. The average Bonchev–Trinajstić information content (AvgIpc) is 3.20. The van der Waals surface area contributed by atoms with Crippen LogP contribution in [0, 0.1) is 5.92 Å². The first-order chi connectivity index (χ1) is 16.9. The van der Waals surface area contributed by atoms with Gasteiger partial charge in [-0.15, -0.1) is 11.8 Å². The number of carbonyl (C=O) groups is 3. The van der Waals surface area contributed by atoms with E-state index < -0.39 is 23.4 Å². The molecule has 1 fully saturated rings. The number of hydrogen-bond acceptors (Lipinski definition) is 5. The Bertz CT molecular complexity index is 1050. The molecule has 186 valence electrons. The van der Waals surface area contributed by atoms with Gasteiger partial charge in [-0.05, 0) is 34.6 Å². The first-order valence-corrected chi connectivity index (χ1v) is 13.2. The van der Waals surface area contributed by atoms with Crippen molar-refractivity contribution in [3.8, 4) is 11.1 Å². The van der Waals surface area contributed by atoms with Gasteiger partial charge >= 0.3 is 12.1 Å². The van der Waals surface area contributed by atoms with E-state index in [1.807, 2.05) is 38.1 Å². The van der Waals surface area contributed by atoms with Gasteiger partial charge in [-0.3, -0.25) is 9.59 Å². The molecule has 1 aliphatic carbocycles. The Balaban J connectivity index is 1.43. The van der Waals surface area contributed by atoms with E-state index in [-0.39, 0.29) is 30.9 Å². The van der Waals surface area contributed by atoms with E-state index in [9.17, 15) is 19.5 Å². The lowest BCUT2D eigenvalue weighted by Gasteiger charge is -2.33. The molecular formula is C27H32N2O5S. The van der Waals surface area contributed by atoms with Crippen molar-refractivity contribution in [2.75, 3.05) is 25.4 Å². The number of thioether (sulfide) groups is 1. The van der Waals surface area contributed by atoms with Crippen molar-refractivity contribution in [2.45, 2.75) is 43.9 Å². The molecule has 2 aromatic rings. The fourth-order valence-electron chi connectivity index (χ4n) is 4.79. The molecule has 0 bridgehead atoms. The molecule has 2 amide bonds. The lowest BCUT2D eigenvalue weighted by Crippen LogP contribution is -2.53. The normalized spacial score (nSPS) is 18.8. The predicted molar refractivity (Wildman–Crippen MR) is 137 cm³/mol. The van der Waals surface area contributed by atoms with Gasteiger partial charge in [-0.2, -0.15) is 0 Å². The van der Waals surface area contributed by atoms with Crippen molar-refractivity contribution in [2.24, 2.45) is 5.92 Å². The molecule has 0 saturated carbocycles. The number of carboxylic acids is 1. The van der Waals surface area contributed by atoms with Crippen LogP contribution in [-0.4, -0.2) is 64.7 Å². The lowest BCUT2D eigenvalue weighted by molar-refractivity contribution is -0.138. The monoisotopic (exact) mass is 496 g/mol. The second-order valence-electron chi connectivity index (χ2n) is 9.25. The minimum atomic E-state index is -0.921. The Kier molecular flexibility index (Phi) is 8.00. The van der Waals surface area contributed by atoms with Crippen LogP contribution in [0.2, 0.25) is 0 Å². The van der Waals surface area contributed by atoms with Crippen molar-refractivity contribution in [1.82, 2.24) is 10.2 Å². The highest BCUT2D eigenvalue weighted by atomic mass is 32.2. The van der Waals surface area contributed by atoms with Crippen molar-refractivity contribution in [3.05, 3.63) is 59.7 Å². The number of ether oxygens (including phenoxy) is 1. The Morgan fingerprint density at radius 2 is 1.74 bits per heavy atom. The Morgan fingerprint density at radius 1 is 1.11 bits per heavy atom. The second-order valence-corrected chi connectivity index (χ2v) is 10.6. The maximum atomic E-state index is 13.3. The summed E-state index contributed by atoms with van der Waals surface area (Å²) in [5.41, 5.74) is 4.55. The quantitative estimate of drug-likeness (QED) is 0.564. The number of alkyl carbamates (subject to hydrolysis) is 1. The molecule has 7 nitrogen and oxygen atoms in total. The molecule has 2 aromatic carbocycles. The number of nitrogens with zero attached hydrogens (tertiary/aromatic N) is 1. The van der Waals surface area contributed by atoms with Crippen LogP contribution < -0.4 is 5.32 Å². The zero-order chi connectivity index (χ0) is 24.9. The number of nitrogens with one attached hydrogen (secondary N) is 1. The maximum absolute atomic E-state index is 13.3. The molecule has 3 unspecified atom stereocenters. The van der Waals surface area contributed by atoms with Crippen LogP contribution in [0.1, 0.15) is 43.7 Å². The van der Waals surface area contributed by atoms with E-state index in [2.05, 4.69) is 29.6 Å². The van der Waals surface area contributed by atoms with Gasteiger partial charge in [0.15, 0.2) is 0 Å². The van der Waals surface area contributed by atoms with Crippen molar-refractivity contribution >= 4 is 29.7 Å². The van der Waals surface area contributed by atoms with Crippen LogP contribution in [0.15, 0.2) is 48.5 Å². The van der Waals surface area contributed by atoms with E-state index >= 15 is 0 Å². The molecular weight excluding hydrogens is 464 g/mol. The summed E-state index contributed by atoms with van der Waals surface area (Å²) >= 11 is 1.34. The summed E-state index contributed by atoms with van der Waals surface area (Å²) in [5.74, 6) is -0.454. The standard InChI is InChI=1S/C27H32N2O5S/c1-3-17(2)14-23(25(30)29-12-13-35-24(15-29)26(31)32)28-27(33)34-16-22-20-10-6-4-8-18(20)19-9-5-7-11-21(19)22/h4-11,17,22-24H,3,12-16H2,1-2H3,(H,28,33)(H,31,32). The van der Waals surface area contributed by atoms with Crippen LogP contribution in [0.4, 0.5) is 4.79 Å². The third kappa shape index (κ3) is 5.64. The SMILES string of the molecule is CCC(C)CC(NC(=O)OCC1c2ccccc2-c2ccccc21)C(=O)N1CCSC(C(=O)O)C1. The van der Waals surface area contributed by atoms with Gasteiger partial charge in [0.1, 0.15) is 17.9 Å². The van der Waals surface area contributed by atoms with E-state index in [1.165, 1.54) is 11.8 Å². The van der Waals surface area contributed by atoms with Gasteiger partial charge in [-0.25, -0.2) is 4.79 Å². The molecule has 1 saturated heterocycles. The molecule has 0 aromatic heterocycles. The number of hydrogen-bond donors (Lipinski definition) is 2. The van der Waals surface area contributed by atoms with Gasteiger partial charge in [0.25, 0.3) is 0 Å². The molecule has 3 atom stereocenters. The molecule has 8 heteroatoms. The van der Waals surface area contributed by atoms with Gasteiger partial charge in [0.05, 0.1) is 0 Å². The Labute approximate surface area is 210 Å². The van der Waals surface area contributed by atoms with Gasteiger partial charge in [0.2, 0.25) is 5.91 Å². The van der Waals surface area contributed by atoms with E-state index in [4.69, 9.17) is 4.74 Å². The zero-order valence-electron chi connectivity index (χ0n) is 20.1. The Morgan fingerprint density at radius 3 is 2.34 bits per heavy atom. The number of amides is 2. The highest BCUT2D eigenvalue weighted by molar-refractivity contribution is 8.00. The number of rotatable bonds is 8. The van der Waals surface area contributed by atoms with Crippen LogP contribution in [0.3, 0.4) is 0 Å². The summed E-state index contributed by atoms with van der Waals surface area (Å²) in [6.07, 6.45) is 0.708. The van der Waals surface area contributed by atoms with Crippen LogP contribution in [0.5, 0.6) is 0 Å². The van der Waals surface area contributed by atoms with E-state index in [1.54, 1.807) is 4.90 Å². The zero-order valence-corrected chi connectivity index (χ0v) is 20.9. The van der Waals surface area contributed by atoms with Crippen LogP contribution in [-0.2, 0) is 14.3 Å². The lowest BCUT2D eigenvalue weighted by atomic mass is 9.98. The summed E-state index contributed by atoms with van der Waals surface area (Å²) in [4.78, 5) is 39.1. The summed E-state index contributed by atoms with van der Waals surface area (Å²) in [6.45, 7) is 4.85. The minimum absolute atomic E-state index is 0.0627. The number of fused-ring (bicyclic) bond motifs is 3. The molecule has 2 aliphatic rings. The summed E-state index contributed by atoms with van der Waals surface area (Å²) in [5, 5.41) is 11.5. The minimum Gasteiger partial charge on any atom is -0.480 e. The number of aliphatic carboxylic acids is 1. The van der Waals surface area contributed by atoms with Gasteiger partial charge < -0.3 is 20.1 Å². The maximum Gasteiger partial charge on any atom is 0.407 e. The molecule has 4 rings (SSSR count). The molecule has 0 spiro atoms. The third-order valence-corrected chi connectivity index (χ3v) is 8.09. The Hall–Kier alpha value is -3.00. The fraction of sp³-hybridized carbons (Fsp3) is 0.444. The topological polar surface area (TPSA) is 95.9 Å². The van der Waals surface area contributed by atoms with Crippen LogP contribution in [0.25, 0.3) is 11.1 Å². The molecule has 0 radical (unpaired) electrons. The fourth-order valence-corrected chi connectivity index (χ4v) is 5.83. The van der Waals surface area contributed by atoms with Crippen LogP contribution >= 0.6 is 11.8 Å². The van der Waals surface area contributed by atoms with Gasteiger partial charge in [-0.1, -0.05) is 68.8 Å². The number of carboxylic acid groups (broad SMARTS) is 1. The smallest absolute Gasteiger partial charge is 0.407 e. The summed E-state index contributed by atoms with van der Waals surface area (Å²) in [7, 11) is 0. The van der Waals surface area contributed by atoms with E-state index in [0.29, 0.717) is 18.7 Å². The van der Waals surface area contributed by atoms with E-state index in [0.717, 1.165) is 28.7 Å². The average molecular weight is 497 g/mol. The second kappa shape index (κ2) is 11.2. The highest BCUT2D eigenvalue weighted by Crippen LogP contribution is 2.44. The molecule has 1 aliphatic heterocycles. The number of benzene rings is 2. The predicted octanol–water partition coefficient (Wildman–Crippen LogP) is 4.36. The summed E-state index contributed by atoms with van der Waals surface area (Å²) < 4.78 is 5.66. The van der Waals surface area contributed by atoms with Crippen molar-refractivity contribution < 1.29 is 24.2 Å². The van der Waals surface area contributed by atoms with Crippen molar-refractivity contribution in [1.29, 1.82) is 0 Å². The summed E-state index contributed by atoms with van der Waals surface area (Å²) in [6, 6.07) is 15.5. The largest absolute Gasteiger partial charge is 0.480 e.